The highest BCUT2D eigenvalue weighted by Crippen LogP contribution is 2.13. The number of hydrogen-bond acceptors (Lipinski definition) is 4. The van der Waals surface area contributed by atoms with Crippen LogP contribution in [-0.4, -0.2) is 46.6 Å². The highest BCUT2D eigenvalue weighted by Gasteiger charge is 2.44. The molecule has 1 fully saturated rings. The van der Waals surface area contributed by atoms with E-state index in [0.29, 0.717) is 4.90 Å². The zero-order chi connectivity index (χ0) is 16.3. The van der Waals surface area contributed by atoms with E-state index in [1.807, 2.05) is 30.3 Å². The number of benzene rings is 1. The minimum absolute atomic E-state index is 0.0992. The van der Waals surface area contributed by atoms with Crippen LogP contribution in [0, 0.1) is 0 Å². The second-order valence-electron chi connectivity index (χ2n) is 4.92. The monoisotopic (exact) mass is 303 g/mol. The van der Waals surface area contributed by atoms with Crippen molar-refractivity contribution in [2.45, 2.75) is 19.9 Å². The summed E-state index contributed by atoms with van der Waals surface area (Å²) in [5, 5.41) is 2.70. The SMILES string of the molecule is CCN1C(=O)C(=O)N(CC(=O)N[C@H](C)c2ccccc2)C1=O. The molecule has 22 heavy (non-hydrogen) atoms. The minimum atomic E-state index is -0.964. The Bertz CT molecular complexity index is 614. The van der Waals surface area contributed by atoms with Gasteiger partial charge in [0.15, 0.2) is 0 Å². The molecule has 1 aliphatic rings. The maximum absolute atomic E-state index is 12.0. The number of hydrogen-bond donors (Lipinski definition) is 1. The maximum Gasteiger partial charge on any atom is 0.334 e. The largest absolute Gasteiger partial charge is 0.348 e. The van der Waals surface area contributed by atoms with Crippen LogP contribution in [0.3, 0.4) is 0 Å². The number of imide groups is 2. The van der Waals surface area contributed by atoms with Crippen LogP contribution in [-0.2, 0) is 14.4 Å². The van der Waals surface area contributed by atoms with Gasteiger partial charge in [0.1, 0.15) is 6.54 Å². The van der Waals surface area contributed by atoms with Gasteiger partial charge in [0.05, 0.1) is 6.04 Å². The number of amides is 5. The van der Waals surface area contributed by atoms with Crippen LogP contribution in [0.25, 0.3) is 0 Å². The van der Waals surface area contributed by atoms with Crippen molar-refractivity contribution < 1.29 is 19.2 Å². The summed E-state index contributed by atoms with van der Waals surface area (Å²) in [5.74, 6) is -2.35. The Balaban J connectivity index is 1.99. The number of nitrogens with zero attached hydrogens (tertiary/aromatic N) is 2. The van der Waals surface area contributed by atoms with Crippen LogP contribution >= 0.6 is 0 Å². The van der Waals surface area contributed by atoms with Gasteiger partial charge in [-0.1, -0.05) is 30.3 Å². The molecule has 1 atom stereocenters. The lowest BCUT2D eigenvalue weighted by Crippen LogP contribution is -2.42. The molecule has 0 aromatic heterocycles. The molecule has 0 bridgehead atoms. The van der Waals surface area contributed by atoms with Crippen molar-refractivity contribution in [1.29, 1.82) is 0 Å². The third-order valence-electron chi connectivity index (χ3n) is 3.43. The number of rotatable bonds is 5. The fourth-order valence-electron chi connectivity index (χ4n) is 2.22. The van der Waals surface area contributed by atoms with E-state index in [-0.39, 0.29) is 12.6 Å². The molecule has 1 aromatic rings. The maximum atomic E-state index is 12.0. The van der Waals surface area contributed by atoms with E-state index in [4.69, 9.17) is 0 Å². The molecule has 0 aliphatic carbocycles. The number of carbonyl (C=O) groups is 4. The smallest absolute Gasteiger partial charge is 0.334 e. The Morgan fingerprint density at radius 2 is 1.68 bits per heavy atom. The van der Waals surface area contributed by atoms with Crippen molar-refractivity contribution in [3.05, 3.63) is 35.9 Å². The second-order valence-corrected chi connectivity index (χ2v) is 4.92. The Labute approximate surface area is 127 Å². The molecule has 0 radical (unpaired) electrons. The summed E-state index contributed by atoms with van der Waals surface area (Å²) in [6.45, 7) is 3.02. The summed E-state index contributed by atoms with van der Waals surface area (Å²) in [6, 6.07) is 8.27. The molecule has 0 saturated carbocycles. The van der Waals surface area contributed by atoms with Gasteiger partial charge in [0.2, 0.25) is 5.91 Å². The van der Waals surface area contributed by atoms with Crippen molar-refractivity contribution in [2.24, 2.45) is 0 Å². The first-order valence-electron chi connectivity index (χ1n) is 6.97. The van der Waals surface area contributed by atoms with E-state index in [2.05, 4.69) is 5.32 Å². The van der Waals surface area contributed by atoms with Crippen molar-refractivity contribution in [3.63, 3.8) is 0 Å². The van der Waals surface area contributed by atoms with Crippen molar-refractivity contribution in [3.8, 4) is 0 Å². The number of nitrogens with one attached hydrogen (secondary N) is 1. The second kappa shape index (κ2) is 6.38. The number of carbonyl (C=O) groups excluding carboxylic acids is 4. The van der Waals surface area contributed by atoms with Gasteiger partial charge in [-0.15, -0.1) is 0 Å². The van der Waals surface area contributed by atoms with Crippen LogP contribution in [0.2, 0.25) is 0 Å². The highest BCUT2D eigenvalue weighted by atomic mass is 16.2. The van der Waals surface area contributed by atoms with Gasteiger partial charge in [-0.2, -0.15) is 0 Å². The standard InChI is InChI=1S/C15H17N3O4/c1-3-17-13(20)14(21)18(15(17)22)9-12(19)16-10(2)11-7-5-4-6-8-11/h4-8,10H,3,9H2,1-2H3,(H,16,19)/t10-/m1/s1. The quantitative estimate of drug-likeness (QED) is 0.640. The third kappa shape index (κ3) is 2.98. The minimum Gasteiger partial charge on any atom is -0.348 e. The fraction of sp³-hybridized carbons (Fsp3) is 0.333. The first kappa shape index (κ1) is 15.7. The van der Waals surface area contributed by atoms with Gasteiger partial charge in [0, 0.05) is 6.54 Å². The first-order chi connectivity index (χ1) is 10.5. The van der Waals surface area contributed by atoms with Gasteiger partial charge in [0.25, 0.3) is 0 Å². The summed E-state index contributed by atoms with van der Waals surface area (Å²) < 4.78 is 0. The van der Waals surface area contributed by atoms with Crippen molar-refractivity contribution in [1.82, 2.24) is 15.1 Å². The lowest BCUT2D eigenvalue weighted by Gasteiger charge is -2.17. The van der Waals surface area contributed by atoms with Crippen LogP contribution < -0.4 is 5.32 Å². The summed E-state index contributed by atoms with van der Waals surface area (Å²) in [5.41, 5.74) is 0.904. The number of urea groups is 1. The molecule has 116 valence electrons. The summed E-state index contributed by atoms with van der Waals surface area (Å²) >= 11 is 0. The van der Waals surface area contributed by atoms with Crippen LogP contribution in [0.15, 0.2) is 30.3 Å². The van der Waals surface area contributed by atoms with Gasteiger partial charge in [-0.3, -0.25) is 19.3 Å². The van der Waals surface area contributed by atoms with Gasteiger partial charge < -0.3 is 5.32 Å². The average molecular weight is 303 g/mol. The Morgan fingerprint density at radius 3 is 2.23 bits per heavy atom. The van der Waals surface area contributed by atoms with Crippen molar-refractivity contribution in [2.75, 3.05) is 13.1 Å². The van der Waals surface area contributed by atoms with E-state index < -0.39 is 30.3 Å². The molecule has 0 unspecified atom stereocenters. The molecule has 7 nitrogen and oxygen atoms in total. The zero-order valence-electron chi connectivity index (χ0n) is 12.4. The van der Waals surface area contributed by atoms with E-state index in [1.54, 1.807) is 13.8 Å². The predicted octanol–water partition coefficient (Wildman–Crippen LogP) is 0.675. The summed E-state index contributed by atoms with van der Waals surface area (Å²) in [7, 11) is 0. The van der Waals surface area contributed by atoms with E-state index in [9.17, 15) is 19.2 Å². The molecule has 5 amide bonds. The summed E-state index contributed by atoms with van der Waals surface area (Å²) in [4.78, 5) is 48.6. The topological polar surface area (TPSA) is 86.8 Å². The Morgan fingerprint density at radius 1 is 1.09 bits per heavy atom. The predicted molar refractivity (Wildman–Crippen MR) is 77.5 cm³/mol. The van der Waals surface area contributed by atoms with Gasteiger partial charge >= 0.3 is 17.8 Å². The molecule has 2 rings (SSSR count). The highest BCUT2D eigenvalue weighted by molar-refractivity contribution is 6.45. The van der Waals surface area contributed by atoms with Crippen LogP contribution in [0.4, 0.5) is 4.79 Å². The third-order valence-corrected chi connectivity index (χ3v) is 3.43. The molecule has 1 N–H and O–H groups in total. The lowest BCUT2D eigenvalue weighted by atomic mass is 10.1. The molecular formula is C15H17N3O4. The van der Waals surface area contributed by atoms with Crippen LogP contribution in [0.1, 0.15) is 25.5 Å². The van der Waals surface area contributed by atoms with E-state index in [0.717, 1.165) is 10.5 Å². The van der Waals surface area contributed by atoms with E-state index >= 15 is 0 Å². The number of likely N-dealkylation sites (N-methyl/N-ethyl adjacent to an activating group) is 1. The first-order valence-corrected chi connectivity index (χ1v) is 6.97. The van der Waals surface area contributed by atoms with Gasteiger partial charge in [-0.25, -0.2) is 9.69 Å². The summed E-state index contributed by atoms with van der Waals surface area (Å²) in [6.07, 6.45) is 0. The molecular weight excluding hydrogens is 286 g/mol. The van der Waals surface area contributed by atoms with E-state index in [1.165, 1.54) is 0 Å². The van der Waals surface area contributed by atoms with Crippen molar-refractivity contribution >= 4 is 23.8 Å². The normalized spacial score (nSPS) is 16.2. The molecule has 1 aliphatic heterocycles. The molecule has 7 heteroatoms. The van der Waals surface area contributed by atoms with Crippen LogP contribution in [0.5, 0.6) is 0 Å². The fourth-order valence-corrected chi connectivity index (χ4v) is 2.22. The molecule has 1 saturated heterocycles. The van der Waals surface area contributed by atoms with Gasteiger partial charge in [-0.05, 0) is 19.4 Å². The Kier molecular flexibility index (Phi) is 4.55. The zero-order valence-corrected chi connectivity index (χ0v) is 12.4. The molecule has 1 aromatic carbocycles. The lowest BCUT2D eigenvalue weighted by molar-refractivity contribution is -0.144. The average Bonchev–Trinajstić information content (AvgIpc) is 2.71. The molecule has 1 heterocycles. The molecule has 0 spiro atoms. The Hall–Kier alpha value is -2.70.